The molecule has 1 aromatic carbocycles. The van der Waals surface area contributed by atoms with E-state index < -0.39 is 11.6 Å². The lowest BCUT2D eigenvalue weighted by molar-refractivity contribution is 0.289. The number of hydrogen-bond acceptors (Lipinski definition) is 3. The molecule has 0 aromatic heterocycles. The van der Waals surface area contributed by atoms with Crippen molar-refractivity contribution >= 4 is 5.69 Å². The number of nitrogens with one attached hydrogen (secondary N) is 1. The molecule has 0 saturated heterocycles. The Kier molecular flexibility index (Phi) is 6.73. The molecule has 1 rings (SSSR count). The number of hydrogen-bond donors (Lipinski definition) is 2. The number of aliphatic hydroxyl groups is 1. The Balaban J connectivity index is 2.93. The van der Waals surface area contributed by atoms with E-state index >= 15 is 0 Å². The molecule has 1 aromatic rings. The average molecular weight is 272 g/mol. The van der Waals surface area contributed by atoms with E-state index in [-0.39, 0.29) is 12.3 Å². The molecule has 2 N–H and O–H groups in total. The van der Waals surface area contributed by atoms with Gasteiger partial charge in [-0.15, -0.1) is 0 Å². The highest BCUT2D eigenvalue weighted by molar-refractivity contribution is 5.50. The second kappa shape index (κ2) is 8.07. The van der Waals surface area contributed by atoms with Crippen molar-refractivity contribution < 1.29 is 13.9 Å². The molecular weight excluding hydrogens is 250 g/mol. The zero-order valence-corrected chi connectivity index (χ0v) is 11.5. The lowest BCUT2D eigenvalue weighted by Crippen LogP contribution is -2.27. The second-order valence-corrected chi connectivity index (χ2v) is 4.35. The predicted octanol–water partition coefficient (Wildman–Crippen LogP) is 2.28. The summed E-state index contributed by atoms with van der Waals surface area (Å²) >= 11 is 0. The molecule has 0 fully saturated rings. The van der Waals surface area contributed by atoms with Gasteiger partial charge in [0.1, 0.15) is 17.3 Å². The van der Waals surface area contributed by atoms with Crippen molar-refractivity contribution in [1.82, 2.24) is 5.32 Å². The first kappa shape index (κ1) is 15.9. The molecule has 0 spiro atoms. The fraction of sp³-hybridized carbons (Fsp3) is 0.571. The van der Waals surface area contributed by atoms with Crippen molar-refractivity contribution in [3.8, 4) is 0 Å². The van der Waals surface area contributed by atoms with Crippen LogP contribution in [0, 0.1) is 11.6 Å². The van der Waals surface area contributed by atoms with Crippen LogP contribution in [0.1, 0.15) is 25.8 Å². The minimum Gasteiger partial charge on any atom is -0.396 e. The first-order valence-corrected chi connectivity index (χ1v) is 6.68. The Morgan fingerprint density at radius 2 is 1.84 bits per heavy atom. The van der Waals surface area contributed by atoms with Crippen LogP contribution in [0.5, 0.6) is 0 Å². The number of anilines is 1. The van der Waals surface area contributed by atoms with Crippen LogP contribution in [0.2, 0.25) is 0 Å². The summed E-state index contributed by atoms with van der Waals surface area (Å²) in [6.45, 7) is 5.93. The molecule has 0 aliphatic rings. The average Bonchev–Trinajstić information content (AvgIpc) is 2.39. The SMILES string of the molecule is CCNCc1cc(F)c(N(CC)CCCO)c(F)c1. The summed E-state index contributed by atoms with van der Waals surface area (Å²) in [6, 6.07) is 2.73. The highest BCUT2D eigenvalue weighted by Gasteiger charge is 2.16. The van der Waals surface area contributed by atoms with Gasteiger partial charge in [-0.2, -0.15) is 0 Å². The van der Waals surface area contributed by atoms with Crippen molar-refractivity contribution in [3.05, 3.63) is 29.3 Å². The van der Waals surface area contributed by atoms with Crippen LogP contribution in [-0.4, -0.2) is 31.3 Å². The zero-order valence-electron chi connectivity index (χ0n) is 11.5. The Morgan fingerprint density at radius 1 is 1.21 bits per heavy atom. The lowest BCUT2D eigenvalue weighted by Gasteiger charge is -2.24. The van der Waals surface area contributed by atoms with Crippen LogP contribution in [0.15, 0.2) is 12.1 Å². The largest absolute Gasteiger partial charge is 0.396 e. The number of halogens is 2. The van der Waals surface area contributed by atoms with Crippen molar-refractivity contribution in [1.29, 1.82) is 0 Å². The normalized spacial score (nSPS) is 10.8. The van der Waals surface area contributed by atoms with E-state index in [0.29, 0.717) is 31.6 Å². The molecule has 0 aliphatic heterocycles. The van der Waals surface area contributed by atoms with Gasteiger partial charge >= 0.3 is 0 Å². The third kappa shape index (κ3) is 4.44. The van der Waals surface area contributed by atoms with Gasteiger partial charge in [-0.3, -0.25) is 0 Å². The van der Waals surface area contributed by atoms with Gasteiger partial charge in [-0.1, -0.05) is 6.92 Å². The number of benzene rings is 1. The van der Waals surface area contributed by atoms with Crippen molar-refractivity contribution in [2.75, 3.05) is 31.1 Å². The van der Waals surface area contributed by atoms with Gasteiger partial charge in [0.25, 0.3) is 0 Å². The summed E-state index contributed by atoms with van der Waals surface area (Å²) in [5.74, 6) is -1.10. The fourth-order valence-electron chi connectivity index (χ4n) is 1.98. The van der Waals surface area contributed by atoms with Crippen LogP contribution in [0.3, 0.4) is 0 Å². The Labute approximate surface area is 113 Å². The standard InChI is InChI=1S/C14H22F2N2O/c1-3-17-10-11-8-12(15)14(13(16)9-11)18(4-2)6-5-7-19/h8-9,17,19H,3-7,10H2,1-2H3. The minimum atomic E-state index is -0.548. The minimum absolute atomic E-state index is 0.00352. The molecule has 19 heavy (non-hydrogen) atoms. The first-order chi connectivity index (χ1) is 9.13. The van der Waals surface area contributed by atoms with E-state index in [4.69, 9.17) is 5.11 Å². The van der Waals surface area contributed by atoms with Gasteiger partial charge in [-0.05, 0) is 37.6 Å². The van der Waals surface area contributed by atoms with E-state index in [0.717, 1.165) is 6.54 Å². The smallest absolute Gasteiger partial charge is 0.149 e. The first-order valence-electron chi connectivity index (χ1n) is 6.68. The van der Waals surface area contributed by atoms with Gasteiger partial charge in [0, 0.05) is 26.2 Å². The fourth-order valence-corrected chi connectivity index (χ4v) is 1.98. The molecule has 0 atom stereocenters. The Bertz CT molecular complexity index is 376. The van der Waals surface area contributed by atoms with Crippen LogP contribution in [0.4, 0.5) is 14.5 Å². The van der Waals surface area contributed by atoms with E-state index in [9.17, 15) is 8.78 Å². The summed E-state index contributed by atoms with van der Waals surface area (Å²) in [5.41, 5.74) is 0.593. The third-order valence-corrected chi connectivity index (χ3v) is 2.94. The zero-order chi connectivity index (χ0) is 14.3. The molecule has 0 bridgehead atoms. The quantitative estimate of drug-likeness (QED) is 0.762. The Morgan fingerprint density at radius 3 is 2.32 bits per heavy atom. The summed E-state index contributed by atoms with van der Waals surface area (Å²) in [4.78, 5) is 1.61. The lowest BCUT2D eigenvalue weighted by atomic mass is 10.1. The van der Waals surface area contributed by atoms with Crippen molar-refractivity contribution in [2.24, 2.45) is 0 Å². The molecule has 3 nitrogen and oxygen atoms in total. The molecule has 108 valence electrons. The molecule has 0 amide bonds. The van der Waals surface area contributed by atoms with E-state index in [2.05, 4.69) is 5.32 Å². The summed E-state index contributed by atoms with van der Waals surface area (Å²) in [7, 11) is 0. The van der Waals surface area contributed by atoms with Gasteiger partial charge in [0.2, 0.25) is 0 Å². The molecule has 0 radical (unpaired) electrons. The number of nitrogens with zero attached hydrogens (tertiary/aromatic N) is 1. The summed E-state index contributed by atoms with van der Waals surface area (Å²) < 4.78 is 28.1. The van der Waals surface area contributed by atoms with E-state index in [1.54, 1.807) is 4.90 Å². The van der Waals surface area contributed by atoms with Gasteiger partial charge < -0.3 is 15.3 Å². The summed E-state index contributed by atoms with van der Waals surface area (Å²) in [5, 5.41) is 11.9. The van der Waals surface area contributed by atoms with Crippen LogP contribution < -0.4 is 10.2 Å². The molecule has 0 heterocycles. The molecular formula is C14H22F2N2O. The summed E-state index contributed by atoms with van der Waals surface area (Å²) in [6.07, 6.45) is 0.492. The second-order valence-electron chi connectivity index (χ2n) is 4.35. The molecule has 0 aliphatic carbocycles. The van der Waals surface area contributed by atoms with Gasteiger partial charge in [-0.25, -0.2) is 8.78 Å². The van der Waals surface area contributed by atoms with E-state index in [1.807, 2.05) is 13.8 Å². The molecule has 0 saturated carbocycles. The maximum absolute atomic E-state index is 14.0. The van der Waals surface area contributed by atoms with Gasteiger partial charge in [0.15, 0.2) is 0 Å². The monoisotopic (exact) mass is 272 g/mol. The van der Waals surface area contributed by atoms with Crippen molar-refractivity contribution in [2.45, 2.75) is 26.8 Å². The topological polar surface area (TPSA) is 35.5 Å². The van der Waals surface area contributed by atoms with Crippen LogP contribution in [0.25, 0.3) is 0 Å². The molecule has 0 unspecified atom stereocenters. The van der Waals surface area contributed by atoms with Crippen LogP contribution in [-0.2, 0) is 6.54 Å². The maximum atomic E-state index is 14.0. The Hall–Kier alpha value is -1.20. The number of rotatable bonds is 8. The predicted molar refractivity (Wildman–Crippen MR) is 73.3 cm³/mol. The third-order valence-electron chi connectivity index (χ3n) is 2.94. The van der Waals surface area contributed by atoms with Crippen molar-refractivity contribution in [3.63, 3.8) is 0 Å². The number of aliphatic hydroxyl groups excluding tert-OH is 1. The van der Waals surface area contributed by atoms with Crippen LogP contribution >= 0.6 is 0 Å². The van der Waals surface area contributed by atoms with E-state index in [1.165, 1.54) is 12.1 Å². The highest BCUT2D eigenvalue weighted by Crippen LogP contribution is 2.25. The highest BCUT2D eigenvalue weighted by atomic mass is 19.1. The molecule has 5 heteroatoms. The van der Waals surface area contributed by atoms with Gasteiger partial charge in [0.05, 0.1) is 0 Å². The maximum Gasteiger partial charge on any atom is 0.149 e.